The number of amides is 2. The van der Waals surface area contributed by atoms with Crippen LogP contribution in [0, 0.1) is 5.92 Å². The number of carbonyl (C=O) groups excluding carboxylic acids is 2. The zero-order chi connectivity index (χ0) is 23.8. The Kier molecular flexibility index (Phi) is 5.80. The zero-order valence-corrected chi connectivity index (χ0v) is 19.7. The van der Waals surface area contributed by atoms with Crippen LogP contribution in [0.4, 0.5) is 5.69 Å². The average Bonchev–Trinajstić information content (AvgIpc) is 3.45. The summed E-state index contributed by atoms with van der Waals surface area (Å²) >= 11 is 0. The Morgan fingerprint density at radius 3 is 2.62 bits per heavy atom. The molecule has 34 heavy (non-hydrogen) atoms. The number of ether oxygens (including phenoxy) is 1. The molecular weight excluding hydrogens is 434 g/mol. The average molecular weight is 464 g/mol. The molecule has 2 saturated heterocycles. The molecular formula is C24H29N7O3. The number of piperazine rings is 1. The van der Waals surface area contributed by atoms with Gasteiger partial charge >= 0.3 is 0 Å². The van der Waals surface area contributed by atoms with Crippen molar-refractivity contribution in [1.29, 1.82) is 0 Å². The number of aryl methyl sites for hydroxylation is 1. The van der Waals surface area contributed by atoms with Crippen molar-refractivity contribution in [2.45, 2.75) is 26.4 Å². The van der Waals surface area contributed by atoms with Crippen molar-refractivity contribution in [3.05, 3.63) is 30.7 Å². The molecule has 2 amide bonds. The van der Waals surface area contributed by atoms with Crippen LogP contribution in [0.25, 0.3) is 22.4 Å². The maximum absolute atomic E-state index is 11.6. The number of anilines is 1. The van der Waals surface area contributed by atoms with Gasteiger partial charge < -0.3 is 24.4 Å². The van der Waals surface area contributed by atoms with E-state index in [9.17, 15) is 9.59 Å². The summed E-state index contributed by atoms with van der Waals surface area (Å²) in [4.78, 5) is 41.3. The molecule has 1 N–H and O–H groups in total. The minimum Gasteiger partial charge on any atom is -0.473 e. The molecule has 10 heteroatoms. The summed E-state index contributed by atoms with van der Waals surface area (Å²) in [5, 5.41) is 2.87. The normalized spacial score (nSPS) is 19.4. The molecule has 0 aliphatic carbocycles. The lowest BCUT2D eigenvalue weighted by molar-refractivity contribution is -0.129. The van der Waals surface area contributed by atoms with E-state index in [0.717, 1.165) is 48.6 Å². The second-order valence-corrected chi connectivity index (χ2v) is 9.02. The molecule has 0 radical (unpaired) electrons. The Hall–Kier alpha value is -3.69. The lowest BCUT2D eigenvalue weighted by atomic mass is 10.0. The van der Waals surface area contributed by atoms with Crippen LogP contribution in [0.15, 0.2) is 30.7 Å². The number of aromatic nitrogens is 4. The summed E-state index contributed by atoms with van der Waals surface area (Å²) in [5.74, 6) is 0.764. The van der Waals surface area contributed by atoms with E-state index in [2.05, 4.69) is 20.2 Å². The third-order valence-corrected chi connectivity index (χ3v) is 6.73. The molecule has 2 aliphatic rings. The Labute approximate surface area is 197 Å². The number of rotatable bonds is 5. The largest absolute Gasteiger partial charge is 0.473 e. The van der Waals surface area contributed by atoms with Gasteiger partial charge in [-0.05, 0) is 25.1 Å². The lowest BCUT2D eigenvalue weighted by Gasteiger charge is -2.35. The van der Waals surface area contributed by atoms with Gasteiger partial charge in [-0.1, -0.05) is 0 Å². The Balaban J connectivity index is 1.38. The van der Waals surface area contributed by atoms with Gasteiger partial charge in [-0.15, -0.1) is 0 Å². The number of fused-ring (bicyclic) bond motifs is 1. The fraction of sp³-hybridized carbons (Fsp3) is 0.458. The topological polar surface area (TPSA) is 105 Å². The van der Waals surface area contributed by atoms with Crippen molar-refractivity contribution in [3.8, 4) is 17.3 Å². The van der Waals surface area contributed by atoms with Gasteiger partial charge in [0.1, 0.15) is 11.6 Å². The van der Waals surface area contributed by atoms with E-state index in [1.807, 2.05) is 47.8 Å². The van der Waals surface area contributed by atoms with E-state index in [4.69, 9.17) is 9.72 Å². The van der Waals surface area contributed by atoms with Crippen LogP contribution in [0.1, 0.15) is 20.3 Å². The summed E-state index contributed by atoms with van der Waals surface area (Å²) < 4.78 is 8.17. The zero-order valence-electron chi connectivity index (χ0n) is 19.7. The van der Waals surface area contributed by atoms with Gasteiger partial charge in [0.05, 0.1) is 35.1 Å². The van der Waals surface area contributed by atoms with Crippen LogP contribution < -0.4 is 15.0 Å². The van der Waals surface area contributed by atoms with Crippen molar-refractivity contribution in [1.82, 2.24) is 29.7 Å². The predicted octanol–water partition coefficient (Wildman–Crippen LogP) is 1.60. The molecule has 178 valence electrons. The van der Waals surface area contributed by atoms with Crippen molar-refractivity contribution >= 4 is 28.5 Å². The van der Waals surface area contributed by atoms with E-state index in [1.54, 1.807) is 13.3 Å². The molecule has 2 atom stereocenters. The van der Waals surface area contributed by atoms with Crippen LogP contribution >= 0.6 is 0 Å². The second kappa shape index (κ2) is 8.92. The highest BCUT2D eigenvalue weighted by molar-refractivity contribution is 5.84. The van der Waals surface area contributed by atoms with Gasteiger partial charge in [0.2, 0.25) is 17.7 Å². The highest BCUT2D eigenvalue weighted by Gasteiger charge is 2.29. The maximum Gasteiger partial charge on any atom is 0.241 e. The third kappa shape index (κ3) is 4.27. The van der Waals surface area contributed by atoms with Crippen LogP contribution in [-0.2, 0) is 16.6 Å². The molecule has 0 spiro atoms. The van der Waals surface area contributed by atoms with Gasteiger partial charge in [-0.25, -0.2) is 9.97 Å². The van der Waals surface area contributed by atoms with Gasteiger partial charge in [0, 0.05) is 59.0 Å². The molecule has 10 nitrogen and oxygen atoms in total. The Morgan fingerprint density at radius 1 is 1.18 bits per heavy atom. The molecule has 5 heterocycles. The number of hydrogen-bond acceptors (Lipinski definition) is 7. The summed E-state index contributed by atoms with van der Waals surface area (Å²) in [5.41, 5.74) is 4.03. The van der Waals surface area contributed by atoms with Crippen LogP contribution in [0.3, 0.4) is 0 Å². The third-order valence-electron chi connectivity index (χ3n) is 6.73. The molecule has 2 aliphatic heterocycles. The van der Waals surface area contributed by atoms with Crippen molar-refractivity contribution in [3.63, 3.8) is 0 Å². The van der Waals surface area contributed by atoms with Crippen LogP contribution in [0.5, 0.6) is 5.88 Å². The van der Waals surface area contributed by atoms with Crippen LogP contribution in [0.2, 0.25) is 0 Å². The fourth-order valence-electron chi connectivity index (χ4n) is 4.59. The minimum absolute atomic E-state index is 0.0554. The monoisotopic (exact) mass is 463 g/mol. The van der Waals surface area contributed by atoms with Gasteiger partial charge in [0.25, 0.3) is 0 Å². The molecule has 3 aromatic heterocycles. The molecule has 0 aromatic carbocycles. The first-order valence-corrected chi connectivity index (χ1v) is 11.6. The van der Waals surface area contributed by atoms with Crippen molar-refractivity contribution < 1.29 is 14.3 Å². The van der Waals surface area contributed by atoms with Crippen molar-refractivity contribution in [2.75, 3.05) is 37.6 Å². The summed E-state index contributed by atoms with van der Waals surface area (Å²) in [6.07, 6.45) is 3.87. The minimum atomic E-state index is -0.177. The highest BCUT2D eigenvalue weighted by Crippen LogP contribution is 2.30. The highest BCUT2D eigenvalue weighted by atomic mass is 16.5. The maximum atomic E-state index is 11.6. The van der Waals surface area contributed by atoms with E-state index >= 15 is 0 Å². The fourth-order valence-corrected chi connectivity index (χ4v) is 4.59. The molecule has 0 unspecified atom stereocenters. The number of nitrogens with zero attached hydrogens (tertiary/aromatic N) is 6. The second-order valence-electron chi connectivity index (χ2n) is 9.02. The van der Waals surface area contributed by atoms with Gasteiger partial charge in [-0.2, -0.15) is 0 Å². The SMILES string of the molecule is CC(=O)N1CCN(c2ccc(-c3cc4ncn(C)c4c(O[C@H](C)[C@H]4CNC(=O)C4)n3)nc2)CC1. The van der Waals surface area contributed by atoms with E-state index in [-0.39, 0.29) is 23.8 Å². The molecule has 2 fully saturated rings. The Morgan fingerprint density at radius 2 is 1.97 bits per heavy atom. The quantitative estimate of drug-likeness (QED) is 0.613. The predicted molar refractivity (Wildman–Crippen MR) is 127 cm³/mol. The van der Waals surface area contributed by atoms with Crippen LogP contribution in [-0.4, -0.2) is 75.1 Å². The van der Waals surface area contributed by atoms with Gasteiger partial charge in [-0.3, -0.25) is 14.6 Å². The Bertz CT molecular complexity index is 1220. The number of pyridine rings is 2. The molecule has 0 bridgehead atoms. The smallest absolute Gasteiger partial charge is 0.241 e. The number of carbonyl (C=O) groups is 2. The molecule has 5 rings (SSSR count). The molecule has 0 saturated carbocycles. The number of hydrogen-bond donors (Lipinski definition) is 1. The summed E-state index contributed by atoms with van der Waals surface area (Å²) in [7, 11) is 1.91. The standard InChI is InChI=1S/C24H29N7O3/c1-15(17-10-22(33)26-12-17)34-24-23-21(27-14-29(23)3)11-20(28-24)19-5-4-18(13-25-19)31-8-6-30(7-9-31)16(2)32/h4-5,11,13-15,17H,6-10,12H2,1-3H3,(H,26,33)/t15-,17-/m1/s1. The van der Waals surface area contributed by atoms with Crippen molar-refractivity contribution in [2.24, 2.45) is 13.0 Å². The van der Waals surface area contributed by atoms with Gasteiger partial charge in [0.15, 0.2) is 0 Å². The number of imidazole rings is 1. The number of nitrogens with one attached hydrogen (secondary N) is 1. The first-order chi connectivity index (χ1) is 16.4. The molecule has 3 aromatic rings. The summed E-state index contributed by atoms with van der Waals surface area (Å²) in [6, 6.07) is 5.91. The first kappa shape index (κ1) is 22.1. The van der Waals surface area contributed by atoms with E-state index < -0.39 is 0 Å². The van der Waals surface area contributed by atoms with E-state index in [1.165, 1.54) is 0 Å². The lowest BCUT2D eigenvalue weighted by Crippen LogP contribution is -2.48. The summed E-state index contributed by atoms with van der Waals surface area (Å²) in [6.45, 7) is 7.20. The first-order valence-electron chi connectivity index (χ1n) is 11.6. The van der Waals surface area contributed by atoms with E-state index in [0.29, 0.717) is 24.5 Å².